The summed E-state index contributed by atoms with van der Waals surface area (Å²) in [7, 11) is 0. The highest BCUT2D eigenvalue weighted by molar-refractivity contribution is 9.12. The highest BCUT2D eigenvalue weighted by Gasteiger charge is 2.41. The van der Waals surface area contributed by atoms with Gasteiger partial charge in [0, 0.05) is 29.7 Å². The van der Waals surface area contributed by atoms with Crippen LogP contribution >= 0.6 is 31.9 Å². The van der Waals surface area contributed by atoms with Gasteiger partial charge in [-0.25, -0.2) is 9.78 Å². The Balaban J connectivity index is 1.65. The number of piperidine rings is 1. The summed E-state index contributed by atoms with van der Waals surface area (Å²) in [5, 5.41) is 0. The van der Waals surface area contributed by atoms with Gasteiger partial charge in [-0.05, 0) is 57.4 Å². The molecule has 1 amide bonds. The van der Waals surface area contributed by atoms with E-state index in [1.54, 1.807) is 11.0 Å². The molecule has 1 aromatic carbocycles. The standard InChI is InChI=1S/C23H25Br2F3N2O3/c1-21(2,3)33-20(31)30-11-9-22(25,10-12-30)19(24)15-5-4-6-17(13-15)32-18-8-7-16(14-29-18)23(26,27)28/h4-8,13-14,19H,9-12H2,1-3H3. The minimum atomic E-state index is -4.45. The summed E-state index contributed by atoms with van der Waals surface area (Å²) in [6, 6.07) is 9.42. The Morgan fingerprint density at radius 2 is 1.82 bits per heavy atom. The minimum absolute atomic E-state index is 0.0745. The normalized spacial score (nSPS) is 17.4. The maximum atomic E-state index is 12.7. The number of likely N-dealkylation sites (tertiary alicyclic amines) is 1. The highest BCUT2D eigenvalue weighted by Crippen LogP contribution is 2.48. The number of halogens is 5. The lowest BCUT2D eigenvalue weighted by atomic mass is 9.89. The van der Waals surface area contributed by atoms with Gasteiger partial charge in [0.15, 0.2) is 0 Å². The first-order valence-corrected chi connectivity index (χ1v) is 12.1. The molecule has 1 unspecified atom stereocenters. The first-order valence-electron chi connectivity index (χ1n) is 10.4. The van der Waals surface area contributed by atoms with E-state index in [2.05, 4.69) is 36.8 Å². The molecule has 5 nitrogen and oxygen atoms in total. The molecule has 0 saturated carbocycles. The van der Waals surface area contributed by atoms with Gasteiger partial charge in [0.05, 0.1) is 10.4 Å². The van der Waals surface area contributed by atoms with Crippen molar-refractivity contribution < 1.29 is 27.4 Å². The van der Waals surface area contributed by atoms with Crippen LogP contribution < -0.4 is 4.74 Å². The summed E-state index contributed by atoms with van der Waals surface area (Å²) in [4.78, 5) is 17.7. The number of benzene rings is 1. The van der Waals surface area contributed by atoms with E-state index < -0.39 is 17.3 Å². The Labute approximate surface area is 207 Å². The predicted octanol–water partition coefficient (Wildman–Crippen LogP) is 7.49. The number of nitrogens with zero attached hydrogens (tertiary/aromatic N) is 2. The van der Waals surface area contributed by atoms with Crippen molar-refractivity contribution >= 4 is 38.0 Å². The van der Waals surface area contributed by atoms with Crippen molar-refractivity contribution in [2.24, 2.45) is 0 Å². The molecule has 0 radical (unpaired) electrons. The van der Waals surface area contributed by atoms with Gasteiger partial charge in [0.25, 0.3) is 0 Å². The second-order valence-electron chi connectivity index (χ2n) is 8.92. The summed E-state index contributed by atoms with van der Waals surface area (Å²) < 4.78 is 49.0. The van der Waals surface area contributed by atoms with E-state index in [4.69, 9.17) is 9.47 Å². The second-order valence-corrected chi connectivity index (χ2v) is 11.4. The fourth-order valence-corrected chi connectivity index (χ4v) is 4.77. The van der Waals surface area contributed by atoms with Gasteiger partial charge in [0.1, 0.15) is 11.4 Å². The van der Waals surface area contributed by atoms with Gasteiger partial charge in [-0.3, -0.25) is 0 Å². The molecular formula is C23H25Br2F3N2O3. The molecule has 180 valence electrons. The molecule has 10 heteroatoms. The number of rotatable bonds is 4. The molecule has 3 rings (SSSR count). The van der Waals surface area contributed by atoms with Crippen LogP contribution in [-0.4, -0.2) is 39.0 Å². The predicted molar refractivity (Wildman–Crippen MR) is 126 cm³/mol. The van der Waals surface area contributed by atoms with Crippen LogP contribution in [0.3, 0.4) is 0 Å². The molecule has 0 spiro atoms. The highest BCUT2D eigenvalue weighted by atomic mass is 79.9. The number of pyridine rings is 1. The number of carbonyl (C=O) groups excluding carboxylic acids is 1. The number of amides is 1. The van der Waals surface area contributed by atoms with E-state index >= 15 is 0 Å². The lowest BCUT2D eigenvalue weighted by Gasteiger charge is -2.41. The zero-order valence-electron chi connectivity index (χ0n) is 18.5. The van der Waals surface area contributed by atoms with Crippen LogP contribution in [0.1, 0.15) is 49.6 Å². The third-order valence-corrected chi connectivity index (χ3v) is 8.41. The zero-order chi connectivity index (χ0) is 24.4. The lowest BCUT2D eigenvalue weighted by Crippen LogP contribution is -2.47. The third kappa shape index (κ3) is 6.85. The molecule has 1 atom stereocenters. The molecule has 0 aliphatic carbocycles. The molecule has 2 heterocycles. The van der Waals surface area contributed by atoms with E-state index in [1.807, 2.05) is 39.0 Å². The number of hydrogen-bond donors (Lipinski definition) is 0. The van der Waals surface area contributed by atoms with Crippen molar-refractivity contribution in [1.29, 1.82) is 0 Å². The molecule has 1 aromatic heterocycles. The van der Waals surface area contributed by atoms with Gasteiger partial charge in [-0.2, -0.15) is 13.2 Å². The SMILES string of the molecule is CC(C)(C)OC(=O)N1CCC(Br)(C(Br)c2cccc(Oc3ccc(C(F)(F)F)cn3)c2)CC1. The molecule has 0 bridgehead atoms. The fourth-order valence-electron chi connectivity index (χ4n) is 3.40. The molecule has 2 aromatic rings. The van der Waals surface area contributed by atoms with Crippen LogP contribution in [0.5, 0.6) is 11.6 Å². The average molecular weight is 594 g/mol. The summed E-state index contributed by atoms with van der Waals surface area (Å²) in [5.41, 5.74) is -0.439. The maximum absolute atomic E-state index is 12.7. The van der Waals surface area contributed by atoms with E-state index in [0.29, 0.717) is 31.7 Å². The van der Waals surface area contributed by atoms with E-state index in [1.165, 1.54) is 6.07 Å². The van der Waals surface area contributed by atoms with Gasteiger partial charge < -0.3 is 14.4 Å². The molecule has 33 heavy (non-hydrogen) atoms. The van der Waals surface area contributed by atoms with Crippen LogP contribution in [0.4, 0.5) is 18.0 Å². The van der Waals surface area contributed by atoms with Gasteiger partial charge >= 0.3 is 12.3 Å². The van der Waals surface area contributed by atoms with Crippen LogP contribution in [0, 0.1) is 0 Å². The van der Waals surface area contributed by atoms with Crippen molar-refractivity contribution in [2.45, 2.75) is 54.5 Å². The van der Waals surface area contributed by atoms with Crippen LogP contribution in [0.2, 0.25) is 0 Å². The summed E-state index contributed by atoms with van der Waals surface area (Å²) >= 11 is 7.65. The smallest absolute Gasteiger partial charge is 0.417 e. The average Bonchev–Trinajstić information content (AvgIpc) is 2.72. The topological polar surface area (TPSA) is 51.7 Å². The van der Waals surface area contributed by atoms with E-state index in [-0.39, 0.29) is 21.1 Å². The van der Waals surface area contributed by atoms with Crippen LogP contribution in [0.15, 0.2) is 42.6 Å². The lowest BCUT2D eigenvalue weighted by molar-refractivity contribution is -0.137. The van der Waals surface area contributed by atoms with Crippen molar-refractivity contribution in [3.05, 3.63) is 53.7 Å². The van der Waals surface area contributed by atoms with Crippen LogP contribution in [-0.2, 0) is 10.9 Å². The Bertz CT molecular complexity index is 970. The number of aromatic nitrogens is 1. The van der Waals surface area contributed by atoms with Crippen LogP contribution in [0.25, 0.3) is 0 Å². The number of alkyl halides is 5. The first-order chi connectivity index (χ1) is 15.3. The van der Waals surface area contributed by atoms with E-state index in [0.717, 1.165) is 17.8 Å². The molecule has 1 aliphatic heterocycles. The Morgan fingerprint density at radius 3 is 2.36 bits per heavy atom. The van der Waals surface area contributed by atoms with Crippen molar-refractivity contribution in [3.8, 4) is 11.6 Å². The van der Waals surface area contributed by atoms with Gasteiger partial charge in [0.2, 0.25) is 5.88 Å². The Kier molecular flexibility index (Phi) is 7.68. The van der Waals surface area contributed by atoms with E-state index in [9.17, 15) is 18.0 Å². The third-order valence-electron chi connectivity index (χ3n) is 5.14. The number of ether oxygens (including phenoxy) is 2. The fraction of sp³-hybridized carbons (Fsp3) is 0.478. The molecule has 1 aliphatic rings. The number of hydrogen-bond acceptors (Lipinski definition) is 4. The summed E-state index contributed by atoms with van der Waals surface area (Å²) in [6.07, 6.45) is -2.61. The molecule has 0 N–H and O–H groups in total. The van der Waals surface area contributed by atoms with Crippen molar-refractivity contribution in [3.63, 3.8) is 0 Å². The monoisotopic (exact) mass is 592 g/mol. The van der Waals surface area contributed by atoms with Crippen molar-refractivity contribution in [2.75, 3.05) is 13.1 Å². The second kappa shape index (κ2) is 9.82. The summed E-state index contributed by atoms with van der Waals surface area (Å²) in [6.45, 7) is 6.62. The molecule has 1 saturated heterocycles. The zero-order valence-corrected chi connectivity index (χ0v) is 21.6. The Hall–Kier alpha value is -1.81. The van der Waals surface area contributed by atoms with Crippen molar-refractivity contribution in [1.82, 2.24) is 9.88 Å². The summed E-state index contributed by atoms with van der Waals surface area (Å²) in [5.74, 6) is 0.539. The Morgan fingerprint density at radius 1 is 1.15 bits per heavy atom. The quantitative estimate of drug-likeness (QED) is 0.345. The maximum Gasteiger partial charge on any atom is 0.417 e. The molecular weight excluding hydrogens is 569 g/mol. The minimum Gasteiger partial charge on any atom is -0.444 e. The molecule has 1 fully saturated rings. The first kappa shape index (κ1) is 25.8. The largest absolute Gasteiger partial charge is 0.444 e. The number of carbonyl (C=O) groups is 1. The van der Waals surface area contributed by atoms with Gasteiger partial charge in [-0.15, -0.1) is 0 Å². The van der Waals surface area contributed by atoms with Gasteiger partial charge in [-0.1, -0.05) is 44.0 Å².